The molecule has 1 N–H and O–H groups in total. The summed E-state index contributed by atoms with van der Waals surface area (Å²) in [5, 5.41) is 4.10. The Balaban J connectivity index is 1.99. The van der Waals surface area contributed by atoms with Gasteiger partial charge in [-0.05, 0) is 58.2 Å². The van der Waals surface area contributed by atoms with Gasteiger partial charge in [-0.1, -0.05) is 30.7 Å². The van der Waals surface area contributed by atoms with Gasteiger partial charge in [0.2, 0.25) is 0 Å². The van der Waals surface area contributed by atoms with Crippen molar-refractivity contribution in [3.63, 3.8) is 0 Å². The zero-order chi connectivity index (χ0) is 14.4. The highest BCUT2D eigenvalue weighted by Crippen LogP contribution is 2.26. The van der Waals surface area contributed by atoms with Crippen molar-refractivity contribution >= 4 is 33.2 Å². The smallest absolute Gasteiger partial charge is 0.119 e. The van der Waals surface area contributed by atoms with Crippen LogP contribution in [-0.4, -0.2) is 6.61 Å². The molecule has 0 saturated heterocycles. The number of benzene rings is 2. The first-order valence-corrected chi connectivity index (χ1v) is 7.77. The van der Waals surface area contributed by atoms with Crippen LogP contribution in [0.5, 0.6) is 5.75 Å². The molecule has 0 aromatic heterocycles. The summed E-state index contributed by atoms with van der Waals surface area (Å²) in [6, 6.07) is 13.8. The molecule has 0 spiro atoms. The highest BCUT2D eigenvalue weighted by molar-refractivity contribution is 9.10. The molecule has 0 radical (unpaired) electrons. The van der Waals surface area contributed by atoms with Crippen molar-refractivity contribution in [1.82, 2.24) is 0 Å². The van der Waals surface area contributed by atoms with Crippen molar-refractivity contribution in [2.24, 2.45) is 0 Å². The molecule has 0 aliphatic heterocycles. The van der Waals surface area contributed by atoms with Crippen molar-refractivity contribution in [3.05, 3.63) is 57.5 Å². The summed E-state index contributed by atoms with van der Waals surface area (Å²) >= 11 is 9.43. The van der Waals surface area contributed by atoms with Gasteiger partial charge in [-0.2, -0.15) is 0 Å². The molecule has 4 heteroatoms. The molecule has 0 bridgehead atoms. The van der Waals surface area contributed by atoms with Gasteiger partial charge in [-0.25, -0.2) is 0 Å². The van der Waals surface area contributed by atoms with Crippen molar-refractivity contribution in [2.75, 3.05) is 11.9 Å². The zero-order valence-corrected chi connectivity index (χ0v) is 13.7. The molecule has 0 aliphatic carbocycles. The monoisotopic (exact) mass is 353 g/mol. The minimum absolute atomic E-state index is 0.720. The number of nitrogens with one attached hydrogen (secondary N) is 1. The highest BCUT2D eigenvalue weighted by Gasteiger charge is 2.01. The van der Waals surface area contributed by atoms with Gasteiger partial charge >= 0.3 is 0 Å². The maximum atomic E-state index is 5.93. The predicted molar refractivity (Wildman–Crippen MR) is 88.7 cm³/mol. The molecule has 2 rings (SSSR count). The first-order valence-electron chi connectivity index (χ1n) is 6.59. The van der Waals surface area contributed by atoms with E-state index in [1.807, 2.05) is 30.3 Å². The molecule has 0 saturated carbocycles. The second-order valence-electron chi connectivity index (χ2n) is 4.47. The predicted octanol–water partition coefficient (Wildman–Crippen LogP) is 5.50. The first-order chi connectivity index (χ1) is 9.69. The van der Waals surface area contributed by atoms with E-state index in [0.29, 0.717) is 0 Å². The summed E-state index contributed by atoms with van der Waals surface area (Å²) in [7, 11) is 0. The Morgan fingerprint density at radius 1 is 1.20 bits per heavy atom. The molecule has 106 valence electrons. The van der Waals surface area contributed by atoms with Crippen LogP contribution in [0.4, 0.5) is 5.69 Å². The lowest BCUT2D eigenvalue weighted by Crippen LogP contribution is -2.01. The Bertz CT molecular complexity index is 574. The molecule has 0 atom stereocenters. The van der Waals surface area contributed by atoms with Gasteiger partial charge in [0.15, 0.2) is 0 Å². The van der Waals surface area contributed by atoms with Gasteiger partial charge in [0, 0.05) is 21.7 Å². The quantitative estimate of drug-likeness (QED) is 0.739. The Kier molecular flexibility index (Phi) is 5.74. The molecule has 20 heavy (non-hydrogen) atoms. The van der Waals surface area contributed by atoms with Gasteiger partial charge in [0.1, 0.15) is 5.75 Å². The van der Waals surface area contributed by atoms with Crippen molar-refractivity contribution in [3.8, 4) is 5.75 Å². The molecule has 0 aliphatic rings. The normalized spacial score (nSPS) is 10.3. The maximum Gasteiger partial charge on any atom is 0.119 e. The molecule has 0 heterocycles. The molecule has 0 unspecified atom stereocenters. The lowest BCUT2D eigenvalue weighted by atomic mass is 10.2. The number of anilines is 1. The van der Waals surface area contributed by atoms with E-state index >= 15 is 0 Å². The van der Waals surface area contributed by atoms with E-state index in [2.05, 4.69) is 40.3 Å². The molecule has 2 aromatic carbocycles. The SMILES string of the molecule is CCCOc1cccc(CNc2ccc(Cl)cc2Br)c1. The third-order valence-corrected chi connectivity index (χ3v) is 3.68. The Hall–Kier alpha value is -1.19. The molecule has 2 aromatic rings. The van der Waals surface area contributed by atoms with Crippen LogP contribution in [0.2, 0.25) is 5.02 Å². The van der Waals surface area contributed by atoms with Crippen molar-refractivity contribution in [2.45, 2.75) is 19.9 Å². The van der Waals surface area contributed by atoms with Crippen LogP contribution in [0, 0.1) is 0 Å². The van der Waals surface area contributed by atoms with Crippen molar-refractivity contribution < 1.29 is 4.74 Å². The van der Waals surface area contributed by atoms with Gasteiger partial charge in [-0.3, -0.25) is 0 Å². The Labute approximate surface area is 133 Å². The third-order valence-electron chi connectivity index (χ3n) is 2.79. The largest absolute Gasteiger partial charge is 0.494 e. The zero-order valence-electron chi connectivity index (χ0n) is 11.3. The van der Waals surface area contributed by atoms with E-state index < -0.39 is 0 Å². The minimum Gasteiger partial charge on any atom is -0.494 e. The summed E-state index contributed by atoms with van der Waals surface area (Å²) in [4.78, 5) is 0. The van der Waals surface area contributed by atoms with Crippen LogP contribution in [0.25, 0.3) is 0 Å². The molecular weight excluding hydrogens is 338 g/mol. The average molecular weight is 355 g/mol. The van der Waals surface area contributed by atoms with E-state index in [0.717, 1.165) is 40.5 Å². The number of rotatable bonds is 6. The lowest BCUT2D eigenvalue weighted by molar-refractivity contribution is 0.317. The highest BCUT2D eigenvalue weighted by atomic mass is 79.9. The third kappa shape index (κ3) is 4.43. The number of hydrogen-bond acceptors (Lipinski definition) is 2. The van der Waals surface area contributed by atoms with Crippen LogP contribution >= 0.6 is 27.5 Å². The Morgan fingerprint density at radius 2 is 2.05 bits per heavy atom. The molecular formula is C16H17BrClNO. The van der Waals surface area contributed by atoms with Crippen LogP contribution < -0.4 is 10.1 Å². The second-order valence-corrected chi connectivity index (χ2v) is 5.76. The van der Waals surface area contributed by atoms with E-state index in [-0.39, 0.29) is 0 Å². The summed E-state index contributed by atoms with van der Waals surface area (Å²) in [5.41, 5.74) is 2.20. The average Bonchev–Trinajstić information content (AvgIpc) is 2.45. The fraction of sp³-hybridized carbons (Fsp3) is 0.250. The minimum atomic E-state index is 0.720. The van der Waals surface area contributed by atoms with E-state index in [4.69, 9.17) is 16.3 Å². The van der Waals surface area contributed by atoms with Crippen LogP contribution in [0.3, 0.4) is 0 Å². The summed E-state index contributed by atoms with van der Waals surface area (Å²) in [6.45, 7) is 3.59. The maximum absolute atomic E-state index is 5.93. The summed E-state index contributed by atoms with van der Waals surface area (Å²) in [5.74, 6) is 0.918. The van der Waals surface area contributed by atoms with E-state index in [9.17, 15) is 0 Å². The first kappa shape index (κ1) is 15.2. The fourth-order valence-corrected chi connectivity index (χ4v) is 2.62. The lowest BCUT2D eigenvalue weighted by Gasteiger charge is -2.10. The van der Waals surface area contributed by atoms with E-state index in [1.54, 1.807) is 0 Å². The summed E-state index contributed by atoms with van der Waals surface area (Å²) in [6.07, 6.45) is 1.01. The Morgan fingerprint density at radius 3 is 2.80 bits per heavy atom. The van der Waals surface area contributed by atoms with Gasteiger partial charge in [0.25, 0.3) is 0 Å². The van der Waals surface area contributed by atoms with Gasteiger partial charge in [-0.15, -0.1) is 0 Å². The fourth-order valence-electron chi connectivity index (χ4n) is 1.80. The standard InChI is InChI=1S/C16H17BrClNO/c1-2-8-20-14-5-3-4-12(9-14)11-19-16-7-6-13(18)10-15(16)17/h3-7,9-10,19H,2,8,11H2,1H3. The molecule has 2 nitrogen and oxygen atoms in total. The van der Waals surface area contributed by atoms with Gasteiger partial charge < -0.3 is 10.1 Å². The van der Waals surface area contributed by atoms with Crippen LogP contribution in [0.15, 0.2) is 46.9 Å². The summed E-state index contributed by atoms with van der Waals surface area (Å²) < 4.78 is 6.59. The van der Waals surface area contributed by atoms with E-state index in [1.165, 1.54) is 5.56 Å². The van der Waals surface area contributed by atoms with Crippen LogP contribution in [0.1, 0.15) is 18.9 Å². The number of halogens is 2. The molecule has 0 amide bonds. The van der Waals surface area contributed by atoms with Crippen molar-refractivity contribution in [1.29, 1.82) is 0 Å². The number of ether oxygens (including phenoxy) is 1. The topological polar surface area (TPSA) is 21.3 Å². The second kappa shape index (κ2) is 7.55. The number of hydrogen-bond donors (Lipinski definition) is 1. The molecule has 0 fully saturated rings. The van der Waals surface area contributed by atoms with Gasteiger partial charge in [0.05, 0.1) is 6.61 Å². The van der Waals surface area contributed by atoms with Crippen LogP contribution in [-0.2, 0) is 6.54 Å².